The summed E-state index contributed by atoms with van der Waals surface area (Å²) in [6.45, 7) is 4.09. The summed E-state index contributed by atoms with van der Waals surface area (Å²) in [5.41, 5.74) is 8.79. The number of carbonyl (C=O) groups excluding carboxylic acids is 1. The van der Waals surface area contributed by atoms with E-state index in [0.717, 1.165) is 23.1 Å². The highest BCUT2D eigenvalue weighted by Crippen LogP contribution is 2.40. The number of rotatable bonds is 4. The Morgan fingerprint density at radius 3 is 2.86 bits per heavy atom. The van der Waals surface area contributed by atoms with Crippen LogP contribution in [0.15, 0.2) is 29.4 Å². The van der Waals surface area contributed by atoms with Gasteiger partial charge in [-0.05, 0) is 61.9 Å². The normalized spacial score (nSPS) is 16.8. The molecule has 1 aliphatic rings. The van der Waals surface area contributed by atoms with Gasteiger partial charge in [0.25, 0.3) is 0 Å². The zero-order valence-corrected chi connectivity index (χ0v) is 17.9. The predicted molar refractivity (Wildman–Crippen MR) is 118 cm³/mol. The van der Waals surface area contributed by atoms with Gasteiger partial charge in [-0.2, -0.15) is 5.26 Å². The first-order valence-electron chi connectivity index (χ1n) is 9.50. The largest absolute Gasteiger partial charge is 0.383 e. The van der Waals surface area contributed by atoms with Crippen molar-refractivity contribution in [3.05, 3.63) is 40.3 Å². The standard InChI is InChI=1S/C21H21N5OS2/c1-11-3-8-15-16(9-11)29-20-17(15)18(23)25-21(26-20)28-12(2)19(27)24-14-6-4-13(10-22)5-7-14/h4-7,11-12H,3,8-9H2,1-2H3,(H,24,27)(H2,23,25,26). The molecular formula is C21H21N5OS2. The highest BCUT2D eigenvalue weighted by Gasteiger charge is 2.24. The van der Waals surface area contributed by atoms with Gasteiger partial charge in [0.1, 0.15) is 10.6 Å². The van der Waals surface area contributed by atoms with Crippen molar-refractivity contribution in [1.29, 1.82) is 5.26 Å². The number of fused-ring (bicyclic) bond motifs is 3. The van der Waals surface area contributed by atoms with Gasteiger partial charge in [-0.15, -0.1) is 11.3 Å². The van der Waals surface area contributed by atoms with Crippen molar-refractivity contribution in [3.63, 3.8) is 0 Å². The zero-order chi connectivity index (χ0) is 20.5. The van der Waals surface area contributed by atoms with Gasteiger partial charge in [-0.25, -0.2) is 9.97 Å². The summed E-state index contributed by atoms with van der Waals surface area (Å²) in [6, 6.07) is 8.83. The third-order valence-corrected chi connectivity index (χ3v) is 7.20. The zero-order valence-electron chi connectivity index (χ0n) is 16.2. The quantitative estimate of drug-likeness (QED) is 0.476. The van der Waals surface area contributed by atoms with E-state index >= 15 is 0 Å². The van der Waals surface area contributed by atoms with E-state index in [0.29, 0.717) is 28.1 Å². The van der Waals surface area contributed by atoms with Crippen molar-refractivity contribution in [3.8, 4) is 6.07 Å². The van der Waals surface area contributed by atoms with Crippen LogP contribution in [-0.4, -0.2) is 21.1 Å². The van der Waals surface area contributed by atoms with Crippen LogP contribution in [0.2, 0.25) is 0 Å². The van der Waals surface area contributed by atoms with E-state index in [4.69, 9.17) is 16.0 Å². The van der Waals surface area contributed by atoms with E-state index in [1.54, 1.807) is 35.6 Å². The number of hydrogen-bond acceptors (Lipinski definition) is 7. The number of aromatic nitrogens is 2. The number of thiophene rings is 1. The molecule has 3 aromatic rings. The van der Waals surface area contributed by atoms with Gasteiger partial charge in [-0.1, -0.05) is 18.7 Å². The molecule has 4 rings (SSSR count). The lowest BCUT2D eigenvalue weighted by atomic mass is 9.89. The SMILES string of the molecule is CC1CCc2c(sc3nc(SC(C)C(=O)Nc4ccc(C#N)cc4)nc(N)c23)C1. The Bertz CT molecular complexity index is 1120. The fraction of sp³-hybridized carbons (Fsp3) is 0.333. The van der Waals surface area contributed by atoms with E-state index < -0.39 is 5.25 Å². The molecule has 148 valence electrons. The Morgan fingerprint density at radius 1 is 1.38 bits per heavy atom. The molecule has 3 N–H and O–H groups in total. The van der Waals surface area contributed by atoms with Crippen LogP contribution in [0.5, 0.6) is 0 Å². The number of nitrogens with zero attached hydrogens (tertiary/aromatic N) is 3. The van der Waals surface area contributed by atoms with Crippen molar-refractivity contribution >= 4 is 50.7 Å². The van der Waals surface area contributed by atoms with E-state index in [9.17, 15) is 4.79 Å². The van der Waals surface area contributed by atoms with Gasteiger partial charge in [-0.3, -0.25) is 4.79 Å². The van der Waals surface area contributed by atoms with Crippen LogP contribution in [0.1, 0.15) is 36.3 Å². The summed E-state index contributed by atoms with van der Waals surface area (Å²) in [4.78, 5) is 24.0. The number of anilines is 2. The number of nitrogen functional groups attached to an aromatic ring is 1. The predicted octanol–water partition coefficient (Wildman–Crippen LogP) is 4.39. The van der Waals surface area contributed by atoms with Crippen LogP contribution in [0.4, 0.5) is 11.5 Å². The Balaban J connectivity index is 1.51. The molecule has 0 saturated heterocycles. The lowest BCUT2D eigenvalue weighted by molar-refractivity contribution is -0.115. The topological polar surface area (TPSA) is 105 Å². The number of thioether (sulfide) groups is 1. The maximum absolute atomic E-state index is 12.5. The number of nitriles is 1. The second-order valence-electron chi connectivity index (χ2n) is 7.36. The van der Waals surface area contributed by atoms with Crippen molar-refractivity contribution in [1.82, 2.24) is 9.97 Å². The lowest BCUT2D eigenvalue weighted by Crippen LogP contribution is -2.22. The summed E-state index contributed by atoms with van der Waals surface area (Å²) in [6.07, 6.45) is 3.27. The highest BCUT2D eigenvalue weighted by molar-refractivity contribution is 8.00. The number of hydrogen-bond donors (Lipinski definition) is 2. The Labute approximate surface area is 177 Å². The van der Waals surface area contributed by atoms with Gasteiger partial charge in [0, 0.05) is 10.6 Å². The average Bonchev–Trinajstić information content (AvgIpc) is 3.06. The van der Waals surface area contributed by atoms with Gasteiger partial charge in [0.2, 0.25) is 5.91 Å². The van der Waals surface area contributed by atoms with Crippen LogP contribution >= 0.6 is 23.1 Å². The van der Waals surface area contributed by atoms with Crippen molar-refractivity contribution in [2.45, 2.75) is 43.5 Å². The lowest BCUT2D eigenvalue weighted by Gasteiger charge is -2.17. The molecule has 29 heavy (non-hydrogen) atoms. The molecule has 0 fully saturated rings. The first-order valence-corrected chi connectivity index (χ1v) is 11.2. The maximum Gasteiger partial charge on any atom is 0.237 e. The first-order chi connectivity index (χ1) is 13.9. The van der Waals surface area contributed by atoms with Gasteiger partial charge >= 0.3 is 0 Å². The molecule has 1 aromatic carbocycles. The van der Waals surface area contributed by atoms with Crippen LogP contribution in [0.25, 0.3) is 10.2 Å². The van der Waals surface area contributed by atoms with E-state index in [1.807, 2.05) is 6.92 Å². The molecule has 2 atom stereocenters. The fourth-order valence-corrected chi connectivity index (χ4v) is 5.71. The minimum absolute atomic E-state index is 0.152. The molecule has 0 radical (unpaired) electrons. The fourth-order valence-electron chi connectivity index (χ4n) is 3.49. The Hall–Kier alpha value is -2.63. The molecule has 2 unspecified atom stereocenters. The van der Waals surface area contributed by atoms with E-state index in [1.165, 1.54) is 28.6 Å². The minimum atomic E-state index is -0.392. The number of nitrogens with two attached hydrogens (primary N) is 1. The molecule has 0 bridgehead atoms. The van der Waals surface area contributed by atoms with Gasteiger partial charge in [0.05, 0.1) is 22.3 Å². The molecule has 2 aromatic heterocycles. The number of nitrogens with one attached hydrogen (secondary N) is 1. The molecule has 1 amide bonds. The van der Waals surface area contributed by atoms with Crippen LogP contribution < -0.4 is 11.1 Å². The smallest absolute Gasteiger partial charge is 0.237 e. The summed E-state index contributed by atoms with van der Waals surface area (Å²) in [5, 5.41) is 12.8. The van der Waals surface area contributed by atoms with Gasteiger partial charge in [0.15, 0.2) is 5.16 Å². The molecule has 0 aliphatic heterocycles. The van der Waals surface area contributed by atoms with Crippen LogP contribution in [0.3, 0.4) is 0 Å². The first kappa shape index (κ1) is 19.7. The number of benzene rings is 1. The van der Waals surface area contributed by atoms with E-state index in [-0.39, 0.29) is 5.91 Å². The molecular weight excluding hydrogens is 402 g/mol. The Kier molecular flexibility index (Phi) is 5.43. The summed E-state index contributed by atoms with van der Waals surface area (Å²) < 4.78 is 0. The second-order valence-corrected chi connectivity index (χ2v) is 9.75. The molecule has 2 heterocycles. The summed E-state index contributed by atoms with van der Waals surface area (Å²) in [5.74, 6) is 1.04. The minimum Gasteiger partial charge on any atom is -0.383 e. The molecule has 0 saturated carbocycles. The van der Waals surface area contributed by atoms with E-state index in [2.05, 4.69) is 23.3 Å². The molecule has 6 nitrogen and oxygen atoms in total. The highest BCUT2D eigenvalue weighted by atomic mass is 32.2. The maximum atomic E-state index is 12.5. The Morgan fingerprint density at radius 2 is 2.14 bits per heavy atom. The number of carbonyl (C=O) groups is 1. The molecule has 1 aliphatic carbocycles. The third kappa shape index (κ3) is 4.07. The molecule has 0 spiro atoms. The molecule has 8 heteroatoms. The summed E-state index contributed by atoms with van der Waals surface area (Å²) in [7, 11) is 0. The average molecular weight is 424 g/mol. The summed E-state index contributed by atoms with van der Waals surface area (Å²) >= 11 is 3.00. The van der Waals surface area contributed by atoms with Gasteiger partial charge < -0.3 is 11.1 Å². The van der Waals surface area contributed by atoms with Crippen molar-refractivity contribution < 1.29 is 4.79 Å². The second kappa shape index (κ2) is 8.01. The van der Waals surface area contributed by atoms with Crippen molar-refractivity contribution in [2.24, 2.45) is 5.92 Å². The number of amides is 1. The number of aryl methyl sites for hydroxylation is 1. The van der Waals surface area contributed by atoms with Crippen molar-refractivity contribution in [2.75, 3.05) is 11.1 Å². The van der Waals surface area contributed by atoms with Crippen LogP contribution in [0, 0.1) is 17.2 Å². The monoisotopic (exact) mass is 423 g/mol. The third-order valence-electron chi connectivity index (χ3n) is 5.10. The van der Waals surface area contributed by atoms with Crippen LogP contribution in [-0.2, 0) is 17.6 Å².